The molecule has 0 aromatic carbocycles. The molecule has 0 saturated carbocycles. The second kappa shape index (κ2) is 7.24. The summed E-state index contributed by atoms with van der Waals surface area (Å²) in [5.41, 5.74) is 1.54. The third kappa shape index (κ3) is 5.83. The van der Waals surface area contributed by atoms with Crippen LogP contribution in [0.2, 0.25) is 0 Å². The highest BCUT2D eigenvalue weighted by Gasteiger charge is 2.16. The molecule has 1 aromatic rings. The molecule has 4 heteroatoms. The molecule has 19 heavy (non-hydrogen) atoms. The number of nitrogens with zero attached hydrogens (tertiary/aromatic N) is 2. The summed E-state index contributed by atoms with van der Waals surface area (Å²) in [5.74, 6) is 0.515. The fourth-order valence-corrected chi connectivity index (χ4v) is 2.06. The van der Waals surface area contributed by atoms with E-state index in [0.717, 1.165) is 18.7 Å². The van der Waals surface area contributed by atoms with E-state index in [9.17, 15) is 4.79 Å². The van der Waals surface area contributed by atoms with Crippen molar-refractivity contribution in [2.45, 2.75) is 33.2 Å². The molecule has 0 bridgehead atoms. The highest BCUT2D eigenvalue weighted by atomic mass is 16.1. The summed E-state index contributed by atoms with van der Waals surface area (Å²) in [4.78, 5) is 18.4. The predicted molar refractivity (Wildman–Crippen MR) is 78.2 cm³/mol. The van der Waals surface area contributed by atoms with Gasteiger partial charge in [0.1, 0.15) is 0 Å². The molecule has 1 N–H and O–H groups in total. The molecule has 0 fully saturated rings. The lowest BCUT2D eigenvalue weighted by Crippen LogP contribution is -2.42. The van der Waals surface area contributed by atoms with Crippen LogP contribution in [0, 0.1) is 12.8 Å². The Bertz CT molecular complexity index is 388. The number of likely N-dealkylation sites (N-methyl/N-ethyl adjacent to an activating group) is 1. The first-order valence-electron chi connectivity index (χ1n) is 6.76. The van der Waals surface area contributed by atoms with Gasteiger partial charge in [-0.05, 0) is 45.5 Å². The molecule has 0 spiro atoms. The van der Waals surface area contributed by atoms with Gasteiger partial charge in [-0.15, -0.1) is 0 Å². The maximum atomic E-state index is 12.2. The lowest BCUT2D eigenvalue weighted by Gasteiger charge is -2.24. The first-order chi connectivity index (χ1) is 8.88. The number of amides is 1. The van der Waals surface area contributed by atoms with Gasteiger partial charge in [0, 0.05) is 24.5 Å². The Hall–Kier alpha value is -1.42. The quantitative estimate of drug-likeness (QED) is 0.855. The largest absolute Gasteiger partial charge is 0.348 e. The first-order valence-corrected chi connectivity index (χ1v) is 6.76. The summed E-state index contributed by atoms with van der Waals surface area (Å²) in [7, 11) is 4.04. The Morgan fingerprint density at radius 2 is 2.05 bits per heavy atom. The van der Waals surface area contributed by atoms with Crippen molar-refractivity contribution in [1.82, 2.24) is 15.2 Å². The van der Waals surface area contributed by atoms with Crippen molar-refractivity contribution in [1.29, 1.82) is 0 Å². The molecular formula is C15H25N3O. The Kier molecular flexibility index (Phi) is 5.96. The van der Waals surface area contributed by atoms with Crippen LogP contribution >= 0.6 is 0 Å². The summed E-state index contributed by atoms with van der Waals surface area (Å²) < 4.78 is 0. The van der Waals surface area contributed by atoms with Crippen LogP contribution in [0.25, 0.3) is 0 Å². The number of carbonyl (C=O) groups is 1. The van der Waals surface area contributed by atoms with Crippen LogP contribution in [-0.2, 0) is 0 Å². The number of nitrogens with one attached hydrogen (secondary N) is 1. The highest BCUT2D eigenvalue weighted by Crippen LogP contribution is 2.07. The van der Waals surface area contributed by atoms with Gasteiger partial charge < -0.3 is 10.2 Å². The number of hydrogen-bond acceptors (Lipinski definition) is 3. The molecule has 0 aliphatic heterocycles. The number of aromatic nitrogens is 1. The van der Waals surface area contributed by atoms with Crippen molar-refractivity contribution in [3.63, 3.8) is 0 Å². The zero-order valence-corrected chi connectivity index (χ0v) is 12.6. The van der Waals surface area contributed by atoms with Gasteiger partial charge in [-0.3, -0.25) is 9.78 Å². The maximum absolute atomic E-state index is 12.2. The number of hydrogen-bond donors (Lipinski definition) is 1. The van der Waals surface area contributed by atoms with Gasteiger partial charge in [-0.2, -0.15) is 0 Å². The molecular weight excluding hydrogens is 238 g/mol. The smallest absolute Gasteiger partial charge is 0.253 e. The summed E-state index contributed by atoms with van der Waals surface area (Å²) >= 11 is 0. The van der Waals surface area contributed by atoms with E-state index in [4.69, 9.17) is 0 Å². The second-order valence-electron chi connectivity index (χ2n) is 5.75. The van der Waals surface area contributed by atoms with E-state index in [2.05, 4.69) is 29.0 Å². The van der Waals surface area contributed by atoms with E-state index in [-0.39, 0.29) is 11.9 Å². The van der Waals surface area contributed by atoms with E-state index in [1.165, 1.54) is 0 Å². The van der Waals surface area contributed by atoms with E-state index >= 15 is 0 Å². The van der Waals surface area contributed by atoms with Crippen LogP contribution in [0.4, 0.5) is 0 Å². The van der Waals surface area contributed by atoms with Gasteiger partial charge in [0.2, 0.25) is 0 Å². The van der Waals surface area contributed by atoms with Crippen LogP contribution < -0.4 is 5.32 Å². The van der Waals surface area contributed by atoms with Crippen LogP contribution in [0.3, 0.4) is 0 Å². The Labute approximate surface area is 116 Å². The minimum Gasteiger partial charge on any atom is -0.348 e. The maximum Gasteiger partial charge on any atom is 0.253 e. The lowest BCUT2D eigenvalue weighted by atomic mass is 10.0. The van der Waals surface area contributed by atoms with Crippen molar-refractivity contribution < 1.29 is 4.79 Å². The lowest BCUT2D eigenvalue weighted by molar-refractivity contribution is 0.0924. The van der Waals surface area contributed by atoms with E-state index in [1.54, 1.807) is 6.20 Å². The molecule has 106 valence electrons. The van der Waals surface area contributed by atoms with Gasteiger partial charge in [0.05, 0.1) is 5.56 Å². The van der Waals surface area contributed by atoms with Gasteiger partial charge in [-0.1, -0.05) is 13.8 Å². The zero-order valence-electron chi connectivity index (χ0n) is 12.6. The van der Waals surface area contributed by atoms with Crippen molar-refractivity contribution >= 4 is 5.91 Å². The van der Waals surface area contributed by atoms with E-state index in [1.807, 2.05) is 33.2 Å². The minimum absolute atomic E-state index is 0.0417. The van der Waals surface area contributed by atoms with Crippen molar-refractivity contribution in [3.05, 3.63) is 29.6 Å². The van der Waals surface area contributed by atoms with E-state index in [0.29, 0.717) is 11.5 Å². The van der Waals surface area contributed by atoms with Gasteiger partial charge in [-0.25, -0.2) is 0 Å². The normalized spacial score (nSPS) is 12.8. The molecule has 0 saturated heterocycles. The molecule has 1 rings (SSSR count). The first kappa shape index (κ1) is 15.6. The molecule has 0 aliphatic carbocycles. The van der Waals surface area contributed by atoms with Crippen LogP contribution in [0.15, 0.2) is 18.3 Å². The third-order valence-electron chi connectivity index (χ3n) is 2.85. The molecule has 4 nitrogen and oxygen atoms in total. The Morgan fingerprint density at radius 3 is 2.53 bits per heavy atom. The number of pyridine rings is 1. The molecule has 1 heterocycles. The van der Waals surface area contributed by atoms with Crippen molar-refractivity contribution in [3.8, 4) is 0 Å². The summed E-state index contributed by atoms with van der Waals surface area (Å²) in [5, 5.41) is 3.09. The van der Waals surface area contributed by atoms with Gasteiger partial charge in [0.15, 0.2) is 0 Å². The zero-order chi connectivity index (χ0) is 14.4. The molecule has 1 amide bonds. The predicted octanol–water partition coefficient (Wildman–Crippen LogP) is 2.10. The molecule has 0 radical (unpaired) electrons. The fourth-order valence-electron chi connectivity index (χ4n) is 2.06. The van der Waals surface area contributed by atoms with Crippen molar-refractivity contribution in [2.24, 2.45) is 5.92 Å². The summed E-state index contributed by atoms with van der Waals surface area (Å²) in [6.07, 6.45) is 2.61. The van der Waals surface area contributed by atoms with Crippen LogP contribution in [-0.4, -0.2) is 42.5 Å². The SMILES string of the molecule is Cc1ccc(C(=O)NC(CC(C)C)CN(C)C)cn1. The second-order valence-corrected chi connectivity index (χ2v) is 5.75. The van der Waals surface area contributed by atoms with Crippen LogP contribution in [0.1, 0.15) is 36.3 Å². The van der Waals surface area contributed by atoms with Gasteiger partial charge >= 0.3 is 0 Å². The monoisotopic (exact) mass is 263 g/mol. The van der Waals surface area contributed by atoms with E-state index < -0.39 is 0 Å². The third-order valence-corrected chi connectivity index (χ3v) is 2.85. The summed E-state index contributed by atoms with van der Waals surface area (Å²) in [6, 6.07) is 3.85. The topological polar surface area (TPSA) is 45.2 Å². The number of aryl methyl sites for hydroxylation is 1. The number of carbonyl (C=O) groups excluding carboxylic acids is 1. The van der Waals surface area contributed by atoms with Crippen molar-refractivity contribution in [2.75, 3.05) is 20.6 Å². The molecule has 0 aliphatic rings. The van der Waals surface area contributed by atoms with Crippen LogP contribution in [0.5, 0.6) is 0 Å². The standard InChI is InChI=1S/C15H25N3O/c1-11(2)8-14(10-18(4)5)17-15(19)13-7-6-12(3)16-9-13/h6-7,9,11,14H,8,10H2,1-5H3,(H,17,19). The molecule has 1 aromatic heterocycles. The number of rotatable bonds is 6. The average Bonchev–Trinajstić information content (AvgIpc) is 2.27. The molecule has 1 unspecified atom stereocenters. The Morgan fingerprint density at radius 1 is 1.37 bits per heavy atom. The average molecular weight is 263 g/mol. The fraction of sp³-hybridized carbons (Fsp3) is 0.600. The summed E-state index contributed by atoms with van der Waals surface area (Å²) in [6.45, 7) is 7.10. The van der Waals surface area contributed by atoms with Gasteiger partial charge in [0.25, 0.3) is 5.91 Å². The minimum atomic E-state index is -0.0417. The highest BCUT2D eigenvalue weighted by molar-refractivity contribution is 5.94. The molecule has 1 atom stereocenters. The Balaban J connectivity index is 2.66.